The summed E-state index contributed by atoms with van der Waals surface area (Å²) >= 11 is 0. The lowest BCUT2D eigenvalue weighted by Gasteiger charge is -2.17. The number of phosphoric acid groups is 1. The minimum Gasteiger partial charge on any atom is -0.290 e. The molecule has 0 aliphatic heterocycles. The van der Waals surface area contributed by atoms with Crippen molar-refractivity contribution in [3.63, 3.8) is 0 Å². The lowest BCUT2D eigenvalue weighted by atomic mass is 10.1. The number of alkyl halides is 2. The van der Waals surface area contributed by atoms with Gasteiger partial charge in [0.2, 0.25) is 5.78 Å². The predicted octanol–water partition coefficient (Wildman–Crippen LogP) is 3.58. The van der Waals surface area contributed by atoms with Crippen LogP contribution in [0.25, 0.3) is 0 Å². The second-order valence-electron chi connectivity index (χ2n) is 4.02. The Bertz CT molecular complexity index is 314. The van der Waals surface area contributed by atoms with E-state index in [4.69, 9.17) is 0 Å². The van der Waals surface area contributed by atoms with Gasteiger partial charge in [-0.3, -0.25) is 18.4 Å². The number of phosphoric ester groups is 1. The highest BCUT2D eigenvalue weighted by Gasteiger charge is 2.39. The molecule has 0 saturated heterocycles. The second kappa shape index (κ2) is 8.74. The first-order valence-electron chi connectivity index (χ1n) is 6.08. The monoisotopic (exact) mass is 302 g/mol. The largest absolute Gasteiger partial charge is 0.474 e. The Labute approximate surface area is 112 Å². The SMILES string of the molecule is CCCCCCC(F)(F)C(=O)COP(=O)(OC)OC. The van der Waals surface area contributed by atoms with Crippen LogP contribution in [0.3, 0.4) is 0 Å². The molecule has 0 N–H and O–H groups in total. The summed E-state index contributed by atoms with van der Waals surface area (Å²) in [7, 11) is -1.82. The number of Topliss-reactive ketones (excluding diaryl/α,β-unsaturated/α-hetero) is 1. The summed E-state index contributed by atoms with van der Waals surface area (Å²) in [6.45, 7) is 0.962. The molecule has 0 amide bonds. The summed E-state index contributed by atoms with van der Waals surface area (Å²) in [4.78, 5) is 11.3. The van der Waals surface area contributed by atoms with E-state index in [1.54, 1.807) is 0 Å². The lowest BCUT2D eigenvalue weighted by molar-refractivity contribution is -0.146. The number of unbranched alkanes of at least 4 members (excludes halogenated alkanes) is 3. The van der Waals surface area contributed by atoms with Crippen LogP contribution < -0.4 is 0 Å². The van der Waals surface area contributed by atoms with E-state index in [0.29, 0.717) is 6.42 Å². The molecule has 0 spiro atoms. The zero-order valence-corrected chi connectivity index (χ0v) is 12.4. The summed E-state index contributed by atoms with van der Waals surface area (Å²) in [6.07, 6.45) is 2.16. The smallest absolute Gasteiger partial charge is 0.290 e. The molecule has 0 aliphatic carbocycles. The molecule has 0 radical (unpaired) electrons. The molecule has 8 heteroatoms. The van der Waals surface area contributed by atoms with Crippen molar-refractivity contribution in [3.8, 4) is 0 Å². The van der Waals surface area contributed by atoms with E-state index in [1.165, 1.54) is 0 Å². The highest BCUT2D eigenvalue weighted by atomic mass is 31.2. The van der Waals surface area contributed by atoms with Crippen molar-refractivity contribution in [3.05, 3.63) is 0 Å². The van der Waals surface area contributed by atoms with Crippen molar-refractivity contribution in [2.75, 3.05) is 20.8 Å². The second-order valence-corrected chi connectivity index (χ2v) is 5.91. The summed E-state index contributed by atoms with van der Waals surface area (Å²) in [6, 6.07) is 0. The maximum atomic E-state index is 13.4. The third-order valence-corrected chi connectivity index (χ3v) is 3.89. The Morgan fingerprint density at radius 3 is 2.21 bits per heavy atom. The van der Waals surface area contributed by atoms with E-state index >= 15 is 0 Å². The van der Waals surface area contributed by atoms with Crippen molar-refractivity contribution >= 4 is 13.6 Å². The summed E-state index contributed by atoms with van der Waals surface area (Å²) in [5, 5.41) is 0. The molecule has 0 aromatic carbocycles. The van der Waals surface area contributed by atoms with Crippen LogP contribution in [0.1, 0.15) is 39.0 Å². The van der Waals surface area contributed by atoms with Gasteiger partial charge in [0.15, 0.2) is 0 Å². The minimum absolute atomic E-state index is 0.263. The van der Waals surface area contributed by atoms with Gasteiger partial charge in [-0.05, 0) is 6.42 Å². The molecule has 0 unspecified atom stereocenters. The molecular weight excluding hydrogens is 281 g/mol. The molecule has 0 aromatic rings. The molecule has 0 fully saturated rings. The van der Waals surface area contributed by atoms with Gasteiger partial charge in [0.1, 0.15) is 6.61 Å². The van der Waals surface area contributed by atoms with Gasteiger partial charge < -0.3 is 0 Å². The minimum atomic E-state index is -3.90. The summed E-state index contributed by atoms with van der Waals surface area (Å²) in [5.41, 5.74) is 0. The molecule has 0 atom stereocenters. The van der Waals surface area contributed by atoms with E-state index in [0.717, 1.165) is 27.1 Å². The molecule has 0 saturated carbocycles. The molecule has 0 aliphatic rings. The molecule has 0 rings (SSSR count). The zero-order chi connectivity index (χ0) is 14.9. The predicted molar refractivity (Wildman–Crippen MR) is 66.3 cm³/mol. The van der Waals surface area contributed by atoms with Crippen molar-refractivity contribution in [1.82, 2.24) is 0 Å². The standard InChI is InChI=1S/C11H21F2O5P/c1-4-5-6-7-8-11(12,13)10(14)9-18-19(15,16-2)17-3/h4-9H2,1-3H3. The van der Waals surface area contributed by atoms with Crippen LogP contribution in [-0.4, -0.2) is 32.5 Å². The average Bonchev–Trinajstić information content (AvgIpc) is 2.40. The Balaban J connectivity index is 4.20. The Hall–Kier alpha value is -0.360. The number of carbonyl (C=O) groups excluding carboxylic acids is 1. The van der Waals surface area contributed by atoms with Gasteiger partial charge in [-0.25, -0.2) is 4.57 Å². The maximum absolute atomic E-state index is 13.4. The fourth-order valence-corrected chi connectivity index (χ4v) is 1.97. The molecular formula is C11H21F2O5P. The van der Waals surface area contributed by atoms with Crippen LogP contribution in [0, 0.1) is 0 Å². The van der Waals surface area contributed by atoms with Crippen molar-refractivity contribution in [2.24, 2.45) is 0 Å². The first-order chi connectivity index (χ1) is 8.81. The fraction of sp³-hybridized carbons (Fsp3) is 0.909. The number of ketones is 1. The van der Waals surface area contributed by atoms with Gasteiger partial charge in [0, 0.05) is 20.6 Å². The number of carbonyl (C=O) groups is 1. The van der Waals surface area contributed by atoms with Crippen molar-refractivity contribution in [2.45, 2.75) is 45.0 Å². The number of rotatable bonds is 11. The Kier molecular flexibility index (Phi) is 8.57. The van der Waals surface area contributed by atoms with Gasteiger partial charge in [-0.2, -0.15) is 8.78 Å². The highest BCUT2D eigenvalue weighted by Crippen LogP contribution is 2.47. The number of halogens is 2. The van der Waals surface area contributed by atoms with E-state index in [-0.39, 0.29) is 6.42 Å². The Morgan fingerprint density at radius 1 is 1.16 bits per heavy atom. The molecule has 0 bridgehead atoms. The molecule has 114 valence electrons. The van der Waals surface area contributed by atoms with Crippen LogP contribution in [0.15, 0.2) is 0 Å². The van der Waals surface area contributed by atoms with Gasteiger partial charge in [0.25, 0.3) is 0 Å². The summed E-state index contributed by atoms with van der Waals surface area (Å²) in [5.74, 6) is -4.89. The molecule has 0 aromatic heterocycles. The fourth-order valence-electron chi connectivity index (χ4n) is 1.34. The van der Waals surface area contributed by atoms with E-state index in [2.05, 4.69) is 13.6 Å². The van der Waals surface area contributed by atoms with E-state index < -0.39 is 32.6 Å². The van der Waals surface area contributed by atoms with Crippen molar-refractivity contribution < 1.29 is 31.7 Å². The number of hydrogen-bond donors (Lipinski definition) is 0. The van der Waals surface area contributed by atoms with Crippen LogP contribution in [0.5, 0.6) is 0 Å². The molecule has 0 heterocycles. The van der Waals surface area contributed by atoms with E-state index in [9.17, 15) is 18.1 Å². The third-order valence-electron chi connectivity index (χ3n) is 2.55. The van der Waals surface area contributed by atoms with Gasteiger partial charge in [-0.15, -0.1) is 0 Å². The zero-order valence-electron chi connectivity index (χ0n) is 11.5. The third kappa shape index (κ3) is 7.11. The number of hydrogen-bond acceptors (Lipinski definition) is 5. The normalized spacial score (nSPS) is 12.7. The van der Waals surface area contributed by atoms with Gasteiger partial charge in [-0.1, -0.05) is 26.2 Å². The van der Waals surface area contributed by atoms with E-state index in [1.807, 2.05) is 6.92 Å². The summed E-state index contributed by atoms with van der Waals surface area (Å²) < 4.78 is 51.5. The lowest BCUT2D eigenvalue weighted by Crippen LogP contribution is -2.32. The first-order valence-corrected chi connectivity index (χ1v) is 7.54. The molecule has 5 nitrogen and oxygen atoms in total. The maximum Gasteiger partial charge on any atom is 0.474 e. The highest BCUT2D eigenvalue weighted by molar-refractivity contribution is 7.48. The Morgan fingerprint density at radius 2 is 1.74 bits per heavy atom. The first kappa shape index (κ1) is 18.6. The average molecular weight is 302 g/mol. The molecule has 19 heavy (non-hydrogen) atoms. The van der Waals surface area contributed by atoms with Crippen LogP contribution in [0.2, 0.25) is 0 Å². The quantitative estimate of drug-likeness (QED) is 0.431. The van der Waals surface area contributed by atoms with Crippen LogP contribution >= 0.6 is 7.82 Å². The van der Waals surface area contributed by atoms with Gasteiger partial charge >= 0.3 is 13.7 Å². The van der Waals surface area contributed by atoms with Crippen LogP contribution in [-0.2, 0) is 22.9 Å². The topological polar surface area (TPSA) is 61.8 Å². The van der Waals surface area contributed by atoms with Gasteiger partial charge in [0.05, 0.1) is 0 Å². The van der Waals surface area contributed by atoms with Crippen LogP contribution in [0.4, 0.5) is 8.78 Å². The van der Waals surface area contributed by atoms with Crippen molar-refractivity contribution in [1.29, 1.82) is 0 Å².